The Morgan fingerprint density at radius 2 is 2.24 bits per heavy atom. The highest BCUT2D eigenvalue weighted by atomic mass is 32.2. The highest BCUT2D eigenvalue weighted by Gasteiger charge is 2.53. The van der Waals surface area contributed by atoms with E-state index in [0.717, 1.165) is 5.69 Å². The van der Waals surface area contributed by atoms with E-state index in [0.29, 0.717) is 13.1 Å². The van der Waals surface area contributed by atoms with E-state index in [1.807, 2.05) is 19.0 Å². The number of sulfone groups is 1. The van der Waals surface area contributed by atoms with Gasteiger partial charge in [0.2, 0.25) is 5.91 Å². The molecule has 3 rings (SSSR count). The van der Waals surface area contributed by atoms with Crippen LogP contribution in [0.4, 0.5) is 0 Å². The fourth-order valence-corrected chi connectivity index (χ4v) is 5.90. The van der Waals surface area contributed by atoms with Gasteiger partial charge >= 0.3 is 0 Å². The van der Waals surface area contributed by atoms with Crippen molar-refractivity contribution in [1.29, 1.82) is 0 Å². The summed E-state index contributed by atoms with van der Waals surface area (Å²) in [6.07, 6.45) is 1.85. The first-order chi connectivity index (χ1) is 9.88. The number of nitrogens with zero attached hydrogens (tertiary/aromatic N) is 3. The number of hydrogen-bond acceptors (Lipinski definition) is 5. The number of fused-ring (bicyclic) bond motifs is 1. The zero-order chi connectivity index (χ0) is 15.2. The Kier molecular flexibility index (Phi) is 3.53. The number of nitrogens with one attached hydrogen (secondary N) is 1. The van der Waals surface area contributed by atoms with Gasteiger partial charge in [-0.1, -0.05) is 0 Å². The molecule has 21 heavy (non-hydrogen) atoms. The number of carbonyl (C=O) groups excluding carboxylic acids is 1. The highest BCUT2D eigenvalue weighted by Crippen LogP contribution is 2.36. The molecule has 1 N–H and O–H groups in total. The Morgan fingerprint density at radius 3 is 2.86 bits per heavy atom. The molecule has 7 nitrogen and oxygen atoms in total. The molecule has 2 aliphatic rings. The molecule has 0 radical (unpaired) electrons. The van der Waals surface area contributed by atoms with Crippen molar-refractivity contribution in [3.05, 3.63) is 18.0 Å². The van der Waals surface area contributed by atoms with Gasteiger partial charge in [-0.05, 0) is 20.2 Å². The molecule has 0 aromatic carbocycles. The Hall–Kier alpha value is -1.41. The molecule has 0 saturated carbocycles. The van der Waals surface area contributed by atoms with Gasteiger partial charge in [-0.3, -0.25) is 9.89 Å². The van der Waals surface area contributed by atoms with Crippen LogP contribution in [0.2, 0.25) is 0 Å². The summed E-state index contributed by atoms with van der Waals surface area (Å²) in [7, 11) is 0.699. The molecule has 0 unspecified atom stereocenters. The van der Waals surface area contributed by atoms with E-state index in [1.54, 1.807) is 17.2 Å². The normalized spacial score (nSPS) is 30.8. The van der Waals surface area contributed by atoms with Crippen molar-refractivity contribution in [2.75, 3.05) is 32.9 Å². The molecule has 2 aliphatic heterocycles. The fraction of sp³-hybridized carbons (Fsp3) is 0.692. The molecule has 2 saturated heterocycles. The number of likely N-dealkylation sites (tertiary alicyclic amines) is 1. The maximum absolute atomic E-state index is 12.3. The van der Waals surface area contributed by atoms with Crippen LogP contribution in [0.15, 0.2) is 12.3 Å². The lowest BCUT2D eigenvalue weighted by atomic mass is 10.00. The summed E-state index contributed by atoms with van der Waals surface area (Å²) in [5.74, 6) is 0.190. The van der Waals surface area contributed by atoms with Crippen LogP contribution >= 0.6 is 0 Å². The van der Waals surface area contributed by atoms with Crippen molar-refractivity contribution < 1.29 is 13.2 Å². The van der Waals surface area contributed by atoms with Crippen LogP contribution in [-0.4, -0.2) is 78.6 Å². The Balaban J connectivity index is 1.73. The number of carbonyl (C=O) groups is 1. The number of aromatic nitrogens is 2. The van der Waals surface area contributed by atoms with Gasteiger partial charge < -0.3 is 9.80 Å². The standard InChI is InChI=1S/C13H20N4O3S/c1-16(2)11-8-21(19,20)12-7-17(6-10(11)12)13(18)5-9-3-4-14-15-9/h3-4,10-12H,5-8H2,1-2H3,(H,14,15)/t10-,11+,12-/m0/s1. The molecule has 1 amide bonds. The van der Waals surface area contributed by atoms with Crippen LogP contribution in [-0.2, 0) is 21.1 Å². The first-order valence-corrected chi connectivity index (χ1v) is 8.74. The second kappa shape index (κ2) is 5.10. The molecule has 1 aromatic heterocycles. The second-order valence-corrected chi connectivity index (χ2v) is 8.38. The average molecular weight is 312 g/mol. The van der Waals surface area contributed by atoms with E-state index in [1.165, 1.54) is 0 Å². The summed E-state index contributed by atoms with van der Waals surface area (Å²) < 4.78 is 24.5. The van der Waals surface area contributed by atoms with Gasteiger partial charge in [-0.25, -0.2) is 8.42 Å². The first kappa shape index (κ1) is 14.5. The molecule has 2 fully saturated rings. The van der Waals surface area contributed by atoms with Gasteiger partial charge in [-0.15, -0.1) is 0 Å². The topological polar surface area (TPSA) is 86.4 Å². The van der Waals surface area contributed by atoms with E-state index in [9.17, 15) is 13.2 Å². The van der Waals surface area contributed by atoms with Crippen LogP contribution in [0.1, 0.15) is 5.69 Å². The molecule has 0 spiro atoms. The van der Waals surface area contributed by atoms with Crippen molar-refractivity contribution in [3.63, 3.8) is 0 Å². The maximum atomic E-state index is 12.3. The molecular formula is C13H20N4O3S. The predicted octanol–water partition coefficient (Wildman–Crippen LogP) is -0.862. The molecule has 3 atom stereocenters. The molecule has 0 bridgehead atoms. The van der Waals surface area contributed by atoms with Crippen molar-refractivity contribution >= 4 is 15.7 Å². The SMILES string of the molecule is CN(C)[C@@H]1CS(=O)(=O)[C@H]2CN(C(=O)Cc3ccn[nH]3)C[C@@H]12. The summed E-state index contributed by atoms with van der Waals surface area (Å²) in [5, 5.41) is 6.17. The largest absolute Gasteiger partial charge is 0.341 e. The van der Waals surface area contributed by atoms with Crippen LogP contribution in [0.3, 0.4) is 0 Å². The number of rotatable bonds is 3. The highest BCUT2D eigenvalue weighted by molar-refractivity contribution is 7.92. The van der Waals surface area contributed by atoms with E-state index >= 15 is 0 Å². The molecule has 116 valence electrons. The molecule has 0 aliphatic carbocycles. The van der Waals surface area contributed by atoms with Crippen molar-refractivity contribution in [1.82, 2.24) is 20.0 Å². The third-order valence-corrected chi connectivity index (χ3v) is 6.81. The summed E-state index contributed by atoms with van der Waals surface area (Å²) in [6, 6.07) is 1.76. The Bertz CT molecular complexity index is 626. The summed E-state index contributed by atoms with van der Waals surface area (Å²) in [5.41, 5.74) is 0.754. The summed E-state index contributed by atoms with van der Waals surface area (Å²) in [6.45, 7) is 0.851. The minimum atomic E-state index is -3.10. The van der Waals surface area contributed by atoms with Crippen molar-refractivity contribution in [2.24, 2.45) is 5.92 Å². The molecule has 1 aromatic rings. The summed E-state index contributed by atoms with van der Waals surface area (Å²) in [4.78, 5) is 15.9. The number of aromatic amines is 1. The van der Waals surface area contributed by atoms with Gasteiger partial charge in [0.1, 0.15) is 0 Å². The van der Waals surface area contributed by atoms with Gasteiger partial charge in [0.25, 0.3) is 0 Å². The third-order valence-electron chi connectivity index (χ3n) is 4.58. The monoisotopic (exact) mass is 312 g/mol. The van der Waals surface area contributed by atoms with Crippen LogP contribution < -0.4 is 0 Å². The quantitative estimate of drug-likeness (QED) is 0.785. The smallest absolute Gasteiger partial charge is 0.228 e. The molecule has 3 heterocycles. The van der Waals surface area contributed by atoms with Gasteiger partial charge in [0, 0.05) is 36.9 Å². The number of H-pyrrole nitrogens is 1. The minimum Gasteiger partial charge on any atom is -0.341 e. The van der Waals surface area contributed by atoms with Crippen molar-refractivity contribution in [3.8, 4) is 0 Å². The van der Waals surface area contributed by atoms with Gasteiger partial charge in [0.05, 0.1) is 17.4 Å². The van der Waals surface area contributed by atoms with E-state index < -0.39 is 15.1 Å². The first-order valence-electron chi connectivity index (χ1n) is 7.02. The summed E-state index contributed by atoms with van der Waals surface area (Å²) >= 11 is 0. The maximum Gasteiger partial charge on any atom is 0.228 e. The van der Waals surface area contributed by atoms with Crippen LogP contribution in [0.25, 0.3) is 0 Å². The lowest BCUT2D eigenvalue weighted by Gasteiger charge is -2.25. The van der Waals surface area contributed by atoms with E-state index in [2.05, 4.69) is 10.2 Å². The minimum absolute atomic E-state index is 0.00459. The number of hydrogen-bond donors (Lipinski definition) is 1. The second-order valence-electron chi connectivity index (χ2n) is 6.12. The lowest BCUT2D eigenvalue weighted by Crippen LogP contribution is -2.39. The molecular weight excluding hydrogens is 292 g/mol. The van der Waals surface area contributed by atoms with Crippen LogP contribution in [0, 0.1) is 5.92 Å². The lowest BCUT2D eigenvalue weighted by molar-refractivity contribution is -0.129. The van der Waals surface area contributed by atoms with Gasteiger partial charge in [0.15, 0.2) is 9.84 Å². The van der Waals surface area contributed by atoms with E-state index in [4.69, 9.17) is 0 Å². The number of amides is 1. The van der Waals surface area contributed by atoms with Gasteiger partial charge in [-0.2, -0.15) is 5.10 Å². The van der Waals surface area contributed by atoms with Crippen molar-refractivity contribution in [2.45, 2.75) is 17.7 Å². The zero-order valence-electron chi connectivity index (χ0n) is 12.2. The Morgan fingerprint density at radius 1 is 1.48 bits per heavy atom. The average Bonchev–Trinajstić information content (AvgIpc) is 3.07. The third kappa shape index (κ3) is 2.57. The fourth-order valence-electron chi connectivity index (χ4n) is 3.43. The predicted molar refractivity (Wildman–Crippen MR) is 77.4 cm³/mol. The Labute approximate surface area is 124 Å². The zero-order valence-corrected chi connectivity index (χ0v) is 13.0. The van der Waals surface area contributed by atoms with E-state index in [-0.39, 0.29) is 30.0 Å². The molecule has 8 heteroatoms. The van der Waals surface area contributed by atoms with Crippen LogP contribution in [0.5, 0.6) is 0 Å².